The van der Waals surface area contributed by atoms with Gasteiger partial charge in [-0.2, -0.15) is 0 Å². The van der Waals surface area contributed by atoms with Crippen LogP contribution in [0.25, 0.3) is 0 Å². The minimum absolute atomic E-state index is 0.109. The first-order valence-corrected chi connectivity index (χ1v) is 16.4. The van der Waals surface area contributed by atoms with E-state index in [0.29, 0.717) is 38.5 Å². The highest BCUT2D eigenvalue weighted by molar-refractivity contribution is 9.10. The first-order valence-electron chi connectivity index (χ1n) is 15.6. The van der Waals surface area contributed by atoms with Crippen molar-refractivity contribution in [2.75, 3.05) is 50.8 Å². The second-order valence-electron chi connectivity index (χ2n) is 12.3. The number of carbonyl (C=O) groups is 3. The number of anilines is 1. The van der Waals surface area contributed by atoms with E-state index in [4.69, 9.17) is 9.47 Å². The Hall–Kier alpha value is -3.47. The third kappa shape index (κ3) is 7.60. The summed E-state index contributed by atoms with van der Waals surface area (Å²) in [5, 5.41) is 9.21. The number of carbonyl (C=O) groups excluding carboxylic acids is 2. The van der Waals surface area contributed by atoms with Gasteiger partial charge in [0.05, 0.1) is 12.5 Å². The lowest BCUT2D eigenvalue weighted by atomic mass is 9.95. The van der Waals surface area contributed by atoms with E-state index in [1.165, 1.54) is 4.90 Å². The number of hydrogen-bond donors (Lipinski definition) is 1. The summed E-state index contributed by atoms with van der Waals surface area (Å²) < 4.78 is 13.1. The number of amides is 3. The standard InChI is InChI=1S/C33H43BrN4O6/c1-4-43-29-19-25(34)11-10-23(29)22-38(26-12-13-26)30(39)24-7-6-14-37(21-24)27-8-5-9-28(20-27)44-33(2,3)31(40)35-15-17-36(18-16-35)32(41)42/h5,8-11,19-20,24,26H,4,6-7,12-18,21-22H2,1-3H3,(H,41,42)/t24-/m1/s1. The Balaban J connectivity index is 1.24. The Morgan fingerprint density at radius 3 is 2.41 bits per heavy atom. The van der Waals surface area contributed by atoms with Gasteiger partial charge in [-0.3, -0.25) is 9.59 Å². The molecule has 1 saturated carbocycles. The van der Waals surface area contributed by atoms with Crippen LogP contribution in [-0.2, 0) is 16.1 Å². The summed E-state index contributed by atoms with van der Waals surface area (Å²) in [7, 11) is 0. The molecule has 10 nitrogen and oxygen atoms in total. The molecule has 3 aliphatic rings. The fourth-order valence-corrected chi connectivity index (χ4v) is 6.46. The maximum Gasteiger partial charge on any atom is 0.407 e. The second-order valence-corrected chi connectivity index (χ2v) is 13.3. The van der Waals surface area contributed by atoms with Crippen LogP contribution in [-0.4, -0.2) is 95.2 Å². The number of rotatable bonds is 10. The van der Waals surface area contributed by atoms with E-state index in [2.05, 4.69) is 25.7 Å². The first kappa shape index (κ1) is 31.9. The summed E-state index contributed by atoms with van der Waals surface area (Å²) in [6.07, 6.45) is 2.86. The van der Waals surface area contributed by atoms with Gasteiger partial charge in [-0.05, 0) is 70.7 Å². The molecule has 11 heteroatoms. The molecular weight excluding hydrogens is 628 g/mol. The fraction of sp³-hybridized carbons (Fsp3) is 0.545. The molecule has 0 bridgehead atoms. The number of piperidine rings is 1. The van der Waals surface area contributed by atoms with Crippen LogP contribution >= 0.6 is 15.9 Å². The highest BCUT2D eigenvalue weighted by atomic mass is 79.9. The molecule has 44 heavy (non-hydrogen) atoms. The molecule has 2 aromatic carbocycles. The van der Waals surface area contributed by atoms with Gasteiger partial charge < -0.3 is 34.2 Å². The molecule has 0 unspecified atom stereocenters. The van der Waals surface area contributed by atoms with Crippen molar-refractivity contribution >= 4 is 39.5 Å². The van der Waals surface area contributed by atoms with Gasteiger partial charge in [-0.1, -0.05) is 28.1 Å². The largest absolute Gasteiger partial charge is 0.493 e. The monoisotopic (exact) mass is 670 g/mol. The fourth-order valence-electron chi connectivity index (χ4n) is 6.12. The third-order valence-corrected chi connectivity index (χ3v) is 9.11. The van der Waals surface area contributed by atoms with Crippen LogP contribution in [0.15, 0.2) is 46.9 Å². The zero-order valence-corrected chi connectivity index (χ0v) is 27.4. The summed E-state index contributed by atoms with van der Waals surface area (Å²) in [6.45, 7) is 9.29. The van der Waals surface area contributed by atoms with E-state index in [-0.39, 0.29) is 36.9 Å². The molecule has 2 saturated heterocycles. The molecule has 0 aromatic heterocycles. The number of ether oxygens (including phenoxy) is 2. The zero-order valence-electron chi connectivity index (χ0n) is 25.8. The Morgan fingerprint density at radius 1 is 1.00 bits per heavy atom. The first-order chi connectivity index (χ1) is 21.1. The predicted octanol–water partition coefficient (Wildman–Crippen LogP) is 5.24. The average Bonchev–Trinajstić information content (AvgIpc) is 3.86. The molecule has 5 rings (SSSR count). The number of halogens is 1. The van der Waals surface area contributed by atoms with Crippen LogP contribution in [0.3, 0.4) is 0 Å². The van der Waals surface area contributed by atoms with Crippen molar-refractivity contribution < 1.29 is 29.0 Å². The van der Waals surface area contributed by atoms with Crippen molar-refractivity contribution in [2.45, 2.75) is 64.6 Å². The summed E-state index contributed by atoms with van der Waals surface area (Å²) in [5.74, 6) is 1.31. The van der Waals surface area contributed by atoms with Crippen LogP contribution in [0, 0.1) is 5.92 Å². The van der Waals surface area contributed by atoms with Crippen molar-refractivity contribution in [3.05, 3.63) is 52.5 Å². The molecule has 1 atom stereocenters. The SMILES string of the molecule is CCOc1cc(Br)ccc1CN(C(=O)[C@@H]1CCCN(c2cccc(OC(C)(C)C(=O)N3CCN(C(=O)O)CC3)c2)C1)C1CC1. The van der Waals surface area contributed by atoms with Gasteiger partial charge in [0.2, 0.25) is 5.91 Å². The van der Waals surface area contributed by atoms with Gasteiger partial charge in [0, 0.05) is 73.6 Å². The van der Waals surface area contributed by atoms with Gasteiger partial charge in [0.1, 0.15) is 11.5 Å². The summed E-state index contributed by atoms with van der Waals surface area (Å²) >= 11 is 3.53. The smallest absolute Gasteiger partial charge is 0.407 e. The van der Waals surface area contributed by atoms with Crippen molar-refractivity contribution in [3.63, 3.8) is 0 Å². The minimum atomic E-state index is -1.12. The molecule has 2 aromatic rings. The predicted molar refractivity (Wildman–Crippen MR) is 171 cm³/mol. The van der Waals surface area contributed by atoms with Crippen LogP contribution in [0.1, 0.15) is 52.0 Å². The van der Waals surface area contributed by atoms with Crippen molar-refractivity contribution in [2.24, 2.45) is 5.92 Å². The van der Waals surface area contributed by atoms with Crippen LogP contribution in [0.5, 0.6) is 11.5 Å². The second kappa shape index (κ2) is 13.7. The van der Waals surface area contributed by atoms with Gasteiger partial charge in [0.15, 0.2) is 5.60 Å². The Kier molecular flexibility index (Phi) is 9.92. The maximum absolute atomic E-state index is 14.0. The Bertz CT molecular complexity index is 1360. The van der Waals surface area contributed by atoms with E-state index in [1.807, 2.05) is 49.4 Å². The van der Waals surface area contributed by atoms with Crippen molar-refractivity contribution in [1.29, 1.82) is 0 Å². The highest BCUT2D eigenvalue weighted by Gasteiger charge is 2.39. The van der Waals surface area contributed by atoms with Gasteiger partial charge in [-0.25, -0.2) is 4.79 Å². The maximum atomic E-state index is 14.0. The van der Waals surface area contributed by atoms with Crippen LogP contribution in [0.2, 0.25) is 0 Å². The molecule has 3 fully saturated rings. The molecule has 2 heterocycles. The summed E-state index contributed by atoms with van der Waals surface area (Å²) in [4.78, 5) is 45.8. The number of piperazine rings is 1. The third-order valence-electron chi connectivity index (χ3n) is 8.62. The number of nitrogens with zero attached hydrogens (tertiary/aromatic N) is 4. The molecular formula is C33H43BrN4O6. The summed E-state index contributed by atoms with van der Waals surface area (Å²) in [6, 6.07) is 14.0. The van der Waals surface area contributed by atoms with Crippen LogP contribution in [0.4, 0.5) is 10.5 Å². The number of benzene rings is 2. The quantitative estimate of drug-likeness (QED) is 0.369. The zero-order chi connectivity index (χ0) is 31.4. The average molecular weight is 672 g/mol. The van der Waals surface area contributed by atoms with E-state index in [0.717, 1.165) is 53.7 Å². The van der Waals surface area contributed by atoms with Crippen molar-refractivity contribution in [3.8, 4) is 11.5 Å². The highest BCUT2D eigenvalue weighted by Crippen LogP contribution is 2.35. The van der Waals surface area contributed by atoms with E-state index < -0.39 is 11.7 Å². The topological polar surface area (TPSA) is 103 Å². The molecule has 238 valence electrons. The van der Waals surface area contributed by atoms with Gasteiger partial charge in [0.25, 0.3) is 5.91 Å². The lowest BCUT2D eigenvalue weighted by molar-refractivity contribution is -0.147. The molecule has 0 radical (unpaired) electrons. The molecule has 1 aliphatic carbocycles. The number of hydrogen-bond acceptors (Lipinski definition) is 6. The van der Waals surface area contributed by atoms with Gasteiger partial charge >= 0.3 is 6.09 Å². The van der Waals surface area contributed by atoms with E-state index >= 15 is 0 Å². The number of carboxylic acid groups (broad SMARTS) is 1. The molecule has 2 aliphatic heterocycles. The minimum Gasteiger partial charge on any atom is -0.493 e. The van der Waals surface area contributed by atoms with E-state index in [9.17, 15) is 19.5 Å². The summed E-state index contributed by atoms with van der Waals surface area (Å²) in [5.41, 5.74) is 0.860. The molecule has 3 amide bonds. The lowest BCUT2D eigenvalue weighted by Crippen LogP contribution is -2.56. The van der Waals surface area contributed by atoms with E-state index in [1.54, 1.807) is 18.7 Å². The Morgan fingerprint density at radius 2 is 1.73 bits per heavy atom. The Labute approximate surface area is 268 Å². The van der Waals surface area contributed by atoms with Crippen LogP contribution < -0.4 is 14.4 Å². The molecule has 1 N–H and O–H groups in total. The normalized spacial score (nSPS) is 19.0. The molecule has 0 spiro atoms. The lowest BCUT2D eigenvalue weighted by Gasteiger charge is -2.38. The van der Waals surface area contributed by atoms with Crippen molar-refractivity contribution in [1.82, 2.24) is 14.7 Å². The van der Waals surface area contributed by atoms with Gasteiger partial charge in [-0.15, -0.1) is 0 Å².